The fourth-order valence-corrected chi connectivity index (χ4v) is 0. The first-order valence-corrected chi connectivity index (χ1v) is 2.82. The molecule has 0 aliphatic carbocycles. The minimum absolute atomic E-state index is 0. The first kappa shape index (κ1) is 29.8. The Morgan fingerprint density at radius 3 is 0.533 bits per heavy atom. The predicted octanol–water partition coefficient (Wildman–Crippen LogP) is -8.24. The Hall–Kier alpha value is 1.21. The van der Waals surface area contributed by atoms with Crippen molar-refractivity contribution in [1.29, 1.82) is 0 Å². The Kier molecular flexibility index (Phi) is 58.6. The summed E-state index contributed by atoms with van der Waals surface area (Å²) in [7, 11) is -6.50. The Morgan fingerprint density at radius 2 is 0.533 bits per heavy atom. The minimum atomic E-state index is -2.17. The van der Waals surface area contributed by atoms with E-state index in [2.05, 4.69) is 13.2 Å². The molecule has 0 aromatic carbocycles. The molecule has 86 valence electrons. The summed E-state index contributed by atoms with van der Waals surface area (Å²) in [6.07, 6.45) is 0. The molecular weight excluding hydrogens is 240 g/mol. The maximum absolute atomic E-state index is 7.17. The van der Waals surface area contributed by atoms with Crippen LogP contribution in [0.5, 0.6) is 0 Å². The second kappa shape index (κ2) is 29.5. The molecule has 0 aromatic rings. The largest absolute Gasteiger partial charge is 1.00 e. The second-order valence-electron chi connectivity index (χ2n) is 1.04. The van der Waals surface area contributed by atoms with Crippen molar-refractivity contribution in [1.82, 2.24) is 0 Å². The van der Waals surface area contributed by atoms with Crippen molar-refractivity contribution >= 4 is 22.0 Å². The summed E-state index contributed by atoms with van der Waals surface area (Å²) in [5, 5.41) is 64.5. The number of hydrogen-bond donors (Lipinski definition) is 9. The van der Waals surface area contributed by atoms with E-state index in [4.69, 9.17) is 45.2 Å². The summed E-state index contributed by atoms with van der Waals surface area (Å²) >= 11 is 0. The van der Waals surface area contributed by atoms with Crippen molar-refractivity contribution in [3.05, 3.63) is 13.2 Å². The quantitative estimate of drug-likeness (QED) is 0.149. The van der Waals surface area contributed by atoms with Crippen LogP contribution in [0, 0.1) is 0 Å². The Labute approximate surface area is 132 Å². The van der Waals surface area contributed by atoms with Crippen LogP contribution in [0.4, 0.5) is 0 Å². The summed E-state index contributed by atoms with van der Waals surface area (Å²) in [6, 6.07) is 0. The SMILES string of the molecule is C=C.OB(O)O.OB(O)O.OB(O)O.[H-].[K+]. The molecule has 0 fully saturated rings. The van der Waals surface area contributed by atoms with E-state index < -0.39 is 22.0 Å². The van der Waals surface area contributed by atoms with Gasteiger partial charge in [-0.2, -0.15) is 0 Å². The van der Waals surface area contributed by atoms with E-state index in [0.29, 0.717) is 0 Å². The molecule has 0 radical (unpaired) electrons. The molecule has 0 spiro atoms. The maximum Gasteiger partial charge on any atom is 1.00 e. The van der Waals surface area contributed by atoms with Gasteiger partial charge >= 0.3 is 73.3 Å². The van der Waals surface area contributed by atoms with E-state index in [1.807, 2.05) is 0 Å². The van der Waals surface area contributed by atoms with Gasteiger partial charge < -0.3 is 46.6 Å². The van der Waals surface area contributed by atoms with Crippen LogP contribution in [0.15, 0.2) is 13.2 Å². The topological polar surface area (TPSA) is 182 Å². The van der Waals surface area contributed by atoms with E-state index >= 15 is 0 Å². The molecule has 0 aliphatic rings. The Bertz CT molecular complexity index is 66.6. The monoisotopic (exact) mass is 254 g/mol. The van der Waals surface area contributed by atoms with Gasteiger partial charge in [-0.1, -0.05) is 0 Å². The molecular formula is C2H14B3KO9. The van der Waals surface area contributed by atoms with Crippen molar-refractivity contribution < 1.29 is 98.0 Å². The summed E-state index contributed by atoms with van der Waals surface area (Å²) in [4.78, 5) is 0. The van der Waals surface area contributed by atoms with Gasteiger partial charge in [-0.05, 0) is 0 Å². The van der Waals surface area contributed by atoms with Gasteiger partial charge in [0.1, 0.15) is 0 Å². The molecule has 15 heavy (non-hydrogen) atoms. The Balaban J connectivity index is -0.0000000205. The average molecular weight is 254 g/mol. The number of hydrogen-bond acceptors (Lipinski definition) is 9. The molecule has 0 saturated heterocycles. The van der Waals surface area contributed by atoms with Crippen LogP contribution in [-0.2, 0) is 0 Å². The second-order valence-corrected chi connectivity index (χ2v) is 1.04. The van der Waals surface area contributed by atoms with Crippen LogP contribution in [0.1, 0.15) is 1.43 Å². The van der Waals surface area contributed by atoms with Gasteiger partial charge in [0.15, 0.2) is 0 Å². The van der Waals surface area contributed by atoms with Crippen molar-refractivity contribution in [2.45, 2.75) is 0 Å². The molecule has 0 amide bonds. The molecule has 0 unspecified atom stereocenters. The van der Waals surface area contributed by atoms with Crippen LogP contribution in [0.25, 0.3) is 0 Å². The van der Waals surface area contributed by atoms with Crippen LogP contribution in [0.2, 0.25) is 0 Å². The fourth-order valence-electron chi connectivity index (χ4n) is 0. The molecule has 13 heteroatoms. The zero-order valence-electron chi connectivity index (χ0n) is 9.17. The van der Waals surface area contributed by atoms with Crippen LogP contribution < -0.4 is 51.4 Å². The maximum atomic E-state index is 7.17. The van der Waals surface area contributed by atoms with Gasteiger partial charge in [0.25, 0.3) is 0 Å². The summed E-state index contributed by atoms with van der Waals surface area (Å²) < 4.78 is 0. The molecule has 0 rings (SSSR count). The molecule has 0 aromatic heterocycles. The van der Waals surface area contributed by atoms with E-state index in [9.17, 15) is 0 Å². The molecule has 9 N–H and O–H groups in total. The van der Waals surface area contributed by atoms with E-state index in [-0.39, 0.29) is 52.8 Å². The zero-order valence-corrected chi connectivity index (χ0v) is 11.3. The number of rotatable bonds is 0. The van der Waals surface area contributed by atoms with Gasteiger partial charge in [-0.15, -0.1) is 13.2 Å². The van der Waals surface area contributed by atoms with Gasteiger partial charge in [0.2, 0.25) is 0 Å². The smallest absolute Gasteiger partial charge is 1.00 e. The van der Waals surface area contributed by atoms with Crippen molar-refractivity contribution in [3.63, 3.8) is 0 Å². The molecule has 9 nitrogen and oxygen atoms in total. The van der Waals surface area contributed by atoms with Crippen molar-refractivity contribution in [2.24, 2.45) is 0 Å². The average Bonchev–Trinajstić information content (AvgIpc) is 1.86. The predicted molar refractivity (Wildman–Crippen MR) is 49.6 cm³/mol. The van der Waals surface area contributed by atoms with Crippen LogP contribution in [-0.4, -0.2) is 67.2 Å². The van der Waals surface area contributed by atoms with Crippen LogP contribution >= 0.6 is 0 Å². The van der Waals surface area contributed by atoms with Gasteiger partial charge in [-0.25, -0.2) is 0 Å². The molecule has 0 atom stereocenters. The zero-order chi connectivity index (χ0) is 12.7. The van der Waals surface area contributed by atoms with E-state index in [0.717, 1.165) is 0 Å². The minimum Gasteiger partial charge on any atom is -1.00 e. The first-order valence-electron chi connectivity index (χ1n) is 2.82. The summed E-state index contributed by atoms with van der Waals surface area (Å²) in [6.45, 7) is 6.00. The molecule has 0 heterocycles. The molecule has 0 aliphatic heterocycles. The van der Waals surface area contributed by atoms with E-state index in [1.54, 1.807) is 0 Å². The van der Waals surface area contributed by atoms with E-state index in [1.165, 1.54) is 0 Å². The van der Waals surface area contributed by atoms with Gasteiger partial charge in [0.05, 0.1) is 0 Å². The third-order valence-corrected chi connectivity index (χ3v) is 0. The Morgan fingerprint density at radius 1 is 0.533 bits per heavy atom. The summed E-state index contributed by atoms with van der Waals surface area (Å²) in [5.41, 5.74) is 0. The van der Waals surface area contributed by atoms with Crippen molar-refractivity contribution in [3.8, 4) is 0 Å². The van der Waals surface area contributed by atoms with Crippen molar-refractivity contribution in [2.75, 3.05) is 0 Å². The fraction of sp³-hybridized carbons (Fsp3) is 0. The first-order chi connectivity index (χ1) is 6.20. The molecule has 0 bridgehead atoms. The van der Waals surface area contributed by atoms with Gasteiger partial charge in [0, 0.05) is 0 Å². The van der Waals surface area contributed by atoms with Crippen LogP contribution in [0.3, 0.4) is 0 Å². The normalized spacial score (nSPS) is 5.67. The summed E-state index contributed by atoms with van der Waals surface area (Å²) in [5.74, 6) is 0. The third-order valence-electron chi connectivity index (χ3n) is 0. The van der Waals surface area contributed by atoms with Gasteiger partial charge in [-0.3, -0.25) is 0 Å². The molecule has 0 saturated carbocycles. The third kappa shape index (κ3) is 1810. The standard InChI is InChI=1S/C2H4.3BH3O3.K.H/c1-2;3*2-1(3)4;;/h1-2H2;3*2-4H;;/q;;;;+1;-1.